The summed E-state index contributed by atoms with van der Waals surface area (Å²) < 4.78 is 36.4. The van der Waals surface area contributed by atoms with Crippen LogP contribution in [0.4, 0.5) is 8.78 Å². The summed E-state index contributed by atoms with van der Waals surface area (Å²) in [6.45, 7) is 2.45. The van der Waals surface area contributed by atoms with Crippen LogP contribution in [0.15, 0.2) is 18.2 Å². The Labute approximate surface area is 106 Å². The Balaban J connectivity index is 3.07. The molecule has 3 nitrogen and oxygen atoms in total. The van der Waals surface area contributed by atoms with Crippen molar-refractivity contribution in [2.24, 2.45) is 0 Å². The molecule has 1 N–H and O–H groups in total. The summed E-state index contributed by atoms with van der Waals surface area (Å²) in [4.78, 5) is 0. The predicted molar refractivity (Wildman–Crippen MR) is 66.6 cm³/mol. The summed E-state index contributed by atoms with van der Waals surface area (Å²) in [5.74, 6) is 0.972. The molecule has 5 heteroatoms. The molecule has 0 bridgehead atoms. The van der Waals surface area contributed by atoms with Crippen molar-refractivity contribution in [2.45, 2.75) is 25.8 Å². The molecule has 1 atom stereocenters. The van der Waals surface area contributed by atoms with Crippen LogP contribution < -0.4 is 14.8 Å². The van der Waals surface area contributed by atoms with E-state index in [2.05, 4.69) is 5.32 Å². The first-order valence-electron chi connectivity index (χ1n) is 5.87. The molecule has 0 amide bonds. The van der Waals surface area contributed by atoms with Gasteiger partial charge in [-0.2, -0.15) is 0 Å². The van der Waals surface area contributed by atoms with E-state index in [4.69, 9.17) is 9.47 Å². The molecule has 0 spiro atoms. The van der Waals surface area contributed by atoms with Gasteiger partial charge in [-0.25, -0.2) is 8.78 Å². The van der Waals surface area contributed by atoms with E-state index < -0.39 is 12.5 Å². The van der Waals surface area contributed by atoms with Gasteiger partial charge >= 0.3 is 0 Å². The Morgan fingerprint density at radius 3 is 2.44 bits per heavy atom. The molecule has 1 aromatic carbocycles. The fourth-order valence-electron chi connectivity index (χ4n) is 1.72. The van der Waals surface area contributed by atoms with E-state index in [1.54, 1.807) is 18.2 Å². The molecule has 0 saturated heterocycles. The Hall–Kier alpha value is -1.36. The quantitative estimate of drug-likeness (QED) is 0.816. The summed E-state index contributed by atoms with van der Waals surface area (Å²) in [5, 5.41) is 2.83. The maximum atomic E-state index is 13.1. The van der Waals surface area contributed by atoms with Crippen LogP contribution in [-0.2, 0) is 0 Å². The third-order valence-corrected chi connectivity index (χ3v) is 2.64. The van der Waals surface area contributed by atoms with Crippen LogP contribution in [-0.4, -0.2) is 27.2 Å². The van der Waals surface area contributed by atoms with Gasteiger partial charge in [-0.05, 0) is 31.2 Å². The smallest absolute Gasteiger partial charge is 0.257 e. The van der Waals surface area contributed by atoms with E-state index in [9.17, 15) is 8.78 Å². The lowest BCUT2D eigenvalue weighted by Crippen LogP contribution is -2.28. The molecular formula is C13H19F2NO2. The molecule has 1 rings (SSSR count). The van der Waals surface area contributed by atoms with Crippen LogP contribution in [0.2, 0.25) is 0 Å². The molecule has 0 aromatic heterocycles. The average Bonchev–Trinajstić information content (AvgIpc) is 2.38. The number of methoxy groups -OCH3 is 2. The number of hydrogen-bond donors (Lipinski definition) is 1. The molecule has 102 valence electrons. The van der Waals surface area contributed by atoms with Crippen molar-refractivity contribution in [3.63, 3.8) is 0 Å². The highest BCUT2D eigenvalue weighted by atomic mass is 19.3. The molecular weight excluding hydrogens is 240 g/mol. The van der Waals surface area contributed by atoms with Crippen LogP contribution in [0.5, 0.6) is 11.5 Å². The Morgan fingerprint density at radius 2 is 1.94 bits per heavy atom. The minimum atomic E-state index is -2.50. The average molecular weight is 259 g/mol. The third-order valence-electron chi connectivity index (χ3n) is 2.64. The van der Waals surface area contributed by atoms with E-state index in [1.165, 1.54) is 14.2 Å². The van der Waals surface area contributed by atoms with E-state index in [0.717, 1.165) is 6.42 Å². The van der Waals surface area contributed by atoms with Gasteiger partial charge in [0.2, 0.25) is 0 Å². The van der Waals surface area contributed by atoms with E-state index in [1.807, 2.05) is 6.92 Å². The second-order valence-corrected chi connectivity index (χ2v) is 3.87. The Bertz CT molecular complexity index is 372. The van der Waals surface area contributed by atoms with Crippen molar-refractivity contribution in [3.8, 4) is 11.5 Å². The summed E-state index contributed by atoms with van der Waals surface area (Å²) >= 11 is 0. The van der Waals surface area contributed by atoms with E-state index in [0.29, 0.717) is 23.6 Å². The number of benzene rings is 1. The minimum absolute atomic E-state index is 0.417. The predicted octanol–water partition coefficient (Wildman–Crippen LogP) is 3.01. The van der Waals surface area contributed by atoms with Gasteiger partial charge in [0.05, 0.1) is 20.3 Å². The molecule has 0 radical (unpaired) electrons. The van der Waals surface area contributed by atoms with E-state index >= 15 is 0 Å². The molecule has 1 unspecified atom stereocenters. The van der Waals surface area contributed by atoms with Crippen LogP contribution in [0.3, 0.4) is 0 Å². The SMILES string of the molecule is CCCNC(c1cc(OC)ccc1OC)C(F)F. The summed E-state index contributed by atoms with van der Waals surface area (Å²) in [6.07, 6.45) is -1.72. The molecule has 0 fully saturated rings. The third kappa shape index (κ3) is 3.57. The summed E-state index contributed by atoms with van der Waals surface area (Å²) in [5.41, 5.74) is 0.417. The zero-order valence-corrected chi connectivity index (χ0v) is 10.9. The summed E-state index contributed by atoms with van der Waals surface area (Å²) in [7, 11) is 2.97. The largest absolute Gasteiger partial charge is 0.497 e. The van der Waals surface area contributed by atoms with Crippen LogP contribution in [0, 0.1) is 0 Å². The highest BCUT2D eigenvalue weighted by Gasteiger charge is 2.25. The molecule has 0 aliphatic rings. The Kier molecular flexibility index (Phi) is 5.85. The van der Waals surface area contributed by atoms with Gasteiger partial charge in [-0.15, -0.1) is 0 Å². The van der Waals surface area contributed by atoms with Crippen molar-refractivity contribution in [2.75, 3.05) is 20.8 Å². The molecule has 0 heterocycles. The van der Waals surface area contributed by atoms with E-state index in [-0.39, 0.29) is 0 Å². The van der Waals surface area contributed by atoms with Crippen LogP contribution in [0.1, 0.15) is 24.9 Å². The van der Waals surface area contributed by atoms with Gasteiger partial charge in [-0.3, -0.25) is 0 Å². The lowest BCUT2D eigenvalue weighted by atomic mass is 10.1. The first kappa shape index (κ1) is 14.7. The molecule has 0 aliphatic heterocycles. The standard InChI is InChI=1S/C13H19F2NO2/c1-4-7-16-12(13(14)15)10-8-9(17-2)5-6-11(10)18-3/h5-6,8,12-13,16H,4,7H2,1-3H3. The van der Waals surface area contributed by atoms with Crippen molar-refractivity contribution in [1.82, 2.24) is 5.32 Å². The van der Waals surface area contributed by atoms with Gasteiger partial charge in [0.1, 0.15) is 11.5 Å². The first-order valence-corrected chi connectivity index (χ1v) is 5.87. The highest BCUT2D eigenvalue weighted by Crippen LogP contribution is 2.32. The lowest BCUT2D eigenvalue weighted by Gasteiger charge is -2.21. The number of nitrogens with one attached hydrogen (secondary N) is 1. The molecule has 0 saturated carbocycles. The maximum absolute atomic E-state index is 13.1. The fourth-order valence-corrected chi connectivity index (χ4v) is 1.72. The van der Waals surface area contributed by atoms with Gasteiger partial charge < -0.3 is 14.8 Å². The summed E-state index contributed by atoms with van der Waals surface area (Å²) in [6, 6.07) is 3.86. The monoisotopic (exact) mass is 259 g/mol. The van der Waals surface area contributed by atoms with Gasteiger partial charge in [0, 0.05) is 5.56 Å². The van der Waals surface area contributed by atoms with Crippen LogP contribution in [0.25, 0.3) is 0 Å². The van der Waals surface area contributed by atoms with Crippen molar-refractivity contribution in [3.05, 3.63) is 23.8 Å². The molecule has 1 aromatic rings. The Morgan fingerprint density at radius 1 is 1.22 bits per heavy atom. The zero-order chi connectivity index (χ0) is 13.5. The second-order valence-electron chi connectivity index (χ2n) is 3.87. The lowest BCUT2D eigenvalue weighted by molar-refractivity contribution is 0.0970. The van der Waals surface area contributed by atoms with Gasteiger partial charge in [0.15, 0.2) is 0 Å². The normalized spacial score (nSPS) is 12.6. The number of hydrogen-bond acceptors (Lipinski definition) is 3. The highest BCUT2D eigenvalue weighted by molar-refractivity contribution is 5.42. The molecule has 0 aliphatic carbocycles. The van der Waals surface area contributed by atoms with Crippen molar-refractivity contribution >= 4 is 0 Å². The second kappa shape index (κ2) is 7.16. The number of halogens is 2. The molecule has 18 heavy (non-hydrogen) atoms. The number of rotatable bonds is 7. The number of alkyl halides is 2. The van der Waals surface area contributed by atoms with Crippen molar-refractivity contribution in [1.29, 1.82) is 0 Å². The van der Waals surface area contributed by atoms with Crippen LogP contribution >= 0.6 is 0 Å². The topological polar surface area (TPSA) is 30.5 Å². The van der Waals surface area contributed by atoms with Gasteiger partial charge in [-0.1, -0.05) is 6.92 Å². The van der Waals surface area contributed by atoms with Crippen molar-refractivity contribution < 1.29 is 18.3 Å². The van der Waals surface area contributed by atoms with Gasteiger partial charge in [0.25, 0.3) is 6.43 Å². The first-order chi connectivity index (χ1) is 8.63. The zero-order valence-electron chi connectivity index (χ0n) is 10.9. The minimum Gasteiger partial charge on any atom is -0.497 e. The fraction of sp³-hybridized carbons (Fsp3) is 0.538. The number of ether oxygens (including phenoxy) is 2. The maximum Gasteiger partial charge on any atom is 0.257 e.